The fourth-order valence-electron chi connectivity index (χ4n) is 0.552. The Morgan fingerprint density at radius 2 is 2.00 bits per heavy atom. The molecule has 11 heavy (non-hydrogen) atoms. The van der Waals surface area contributed by atoms with Crippen molar-refractivity contribution in [3.8, 4) is 0 Å². The van der Waals surface area contributed by atoms with Gasteiger partial charge in [0.2, 0.25) is 0 Å². The molecule has 1 radical (unpaired) electrons. The Kier molecular flexibility index (Phi) is 3.51. The summed E-state index contributed by atoms with van der Waals surface area (Å²) in [5, 5.41) is 0. The van der Waals surface area contributed by atoms with E-state index in [4.69, 9.17) is 4.55 Å². The van der Waals surface area contributed by atoms with E-state index in [1.54, 1.807) is 0 Å². The maximum Gasteiger partial charge on any atom is 0.264 e. The molecule has 0 rings (SSSR count). The molecule has 0 aliphatic carbocycles. The van der Waals surface area contributed by atoms with Crippen LogP contribution in [0.15, 0.2) is 0 Å². The van der Waals surface area contributed by atoms with Gasteiger partial charge >= 0.3 is 0 Å². The second-order valence-corrected chi connectivity index (χ2v) is 4.77. The van der Waals surface area contributed by atoms with Gasteiger partial charge in [-0.1, -0.05) is 20.3 Å². The highest BCUT2D eigenvalue weighted by atomic mass is 32.2. The number of hydrogen-bond donors (Lipinski definition) is 1. The first kappa shape index (κ1) is 10.9. The van der Waals surface area contributed by atoms with Gasteiger partial charge < -0.3 is 0 Å². The van der Waals surface area contributed by atoms with Crippen LogP contribution in [0.5, 0.6) is 0 Å². The number of rotatable bonds is 4. The molecule has 0 aromatic rings. The van der Waals surface area contributed by atoms with Gasteiger partial charge in [-0.15, -0.1) is 0 Å². The van der Waals surface area contributed by atoms with E-state index < -0.39 is 10.1 Å². The lowest BCUT2D eigenvalue weighted by molar-refractivity contribution is 0.382. The van der Waals surface area contributed by atoms with Crippen LogP contribution in [0, 0.1) is 12.3 Å². The molecule has 0 spiro atoms. The second-order valence-electron chi connectivity index (χ2n) is 3.20. The van der Waals surface area contributed by atoms with E-state index in [2.05, 4.69) is 6.92 Å². The first-order valence-corrected chi connectivity index (χ1v) is 5.18. The van der Waals surface area contributed by atoms with Gasteiger partial charge in [0.1, 0.15) is 0 Å². The van der Waals surface area contributed by atoms with Crippen LogP contribution in [0.2, 0.25) is 0 Å². The van der Waals surface area contributed by atoms with Crippen molar-refractivity contribution in [1.82, 2.24) is 0 Å². The zero-order valence-electron chi connectivity index (χ0n) is 7.00. The van der Waals surface area contributed by atoms with Crippen molar-refractivity contribution in [2.75, 3.05) is 5.75 Å². The Balaban J connectivity index is 3.90. The smallest absolute Gasteiger partial charge is 0.264 e. The molecular formula is C7H15O3S. The van der Waals surface area contributed by atoms with Crippen molar-refractivity contribution in [3.63, 3.8) is 0 Å². The lowest BCUT2D eigenvalue weighted by atomic mass is 9.87. The average molecular weight is 179 g/mol. The molecule has 0 aromatic heterocycles. The van der Waals surface area contributed by atoms with E-state index in [0.717, 1.165) is 6.42 Å². The standard InChI is InChI=1S/C7H15O3S/c1-4-7(2,3)5-6-11(8,9)10/h2,4-6H2,1,3H3,(H,8,9,10). The highest BCUT2D eigenvalue weighted by molar-refractivity contribution is 7.85. The molecule has 1 atom stereocenters. The van der Waals surface area contributed by atoms with Gasteiger partial charge in [0.15, 0.2) is 0 Å². The SMILES string of the molecule is [CH2]C(C)(CC)CCS(=O)(=O)O. The van der Waals surface area contributed by atoms with E-state index in [1.807, 2.05) is 13.8 Å². The van der Waals surface area contributed by atoms with Crippen LogP contribution in [0.25, 0.3) is 0 Å². The lowest BCUT2D eigenvalue weighted by Crippen LogP contribution is -2.16. The molecule has 67 valence electrons. The molecule has 0 saturated carbocycles. The van der Waals surface area contributed by atoms with Crippen LogP contribution in [0.1, 0.15) is 26.7 Å². The lowest BCUT2D eigenvalue weighted by Gasteiger charge is -2.20. The molecule has 0 aliphatic heterocycles. The van der Waals surface area contributed by atoms with Crippen LogP contribution >= 0.6 is 0 Å². The normalized spacial score (nSPS) is 13.5. The first-order chi connectivity index (χ1) is 4.77. The predicted octanol–water partition coefficient (Wildman–Crippen LogP) is 1.51. The van der Waals surface area contributed by atoms with Crippen molar-refractivity contribution in [1.29, 1.82) is 0 Å². The van der Waals surface area contributed by atoms with Crippen LogP contribution in [-0.4, -0.2) is 18.7 Å². The number of hydrogen-bond acceptors (Lipinski definition) is 2. The molecular weight excluding hydrogens is 164 g/mol. The third-order valence-electron chi connectivity index (χ3n) is 1.82. The Morgan fingerprint density at radius 1 is 1.55 bits per heavy atom. The highest BCUT2D eigenvalue weighted by Gasteiger charge is 2.18. The Labute approximate surface area is 68.6 Å². The molecule has 4 heteroatoms. The summed E-state index contributed by atoms with van der Waals surface area (Å²) in [6, 6.07) is 0. The predicted molar refractivity (Wildman–Crippen MR) is 44.8 cm³/mol. The Morgan fingerprint density at radius 3 is 2.27 bits per heavy atom. The monoisotopic (exact) mass is 179 g/mol. The van der Waals surface area contributed by atoms with Crippen LogP contribution < -0.4 is 0 Å². The van der Waals surface area contributed by atoms with Crippen molar-refractivity contribution in [2.24, 2.45) is 5.41 Å². The Hall–Kier alpha value is -0.0900. The van der Waals surface area contributed by atoms with Crippen LogP contribution in [-0.2, 0) is 10.1 Å². The Bertz CT molecular complexity index is 204. The van der Waals surface area contributed by atoms with E-state index in [0.29, 0.717) is 6.42 Å². The molecule has 0 aliphatic rings. The summed E-state index contributed by atoms with van der Waals surface area (Å²) in [6.07, 6.45) is 1.21. The van der Waals surface area contributed by atoms with Gasteiger partial charge in [-0.25, -0.2) is 0 Å². The first-order valence-electron chi connectivity index (χ1n) is 3.57. The van der Waals surface area contributed by atoms with E-state index >= 15 is 0 Å². The third kappa shape index (κ3) is 6.31. The molecule has 1 unspecified atom stereocenters. The van der Waals surface area contributed by atoms with Crippen molar-refractivity contribution < 1.29 is 13.0 Å². The van der Waals surface area contributed by atoms with Gasteiger partial charge in [-0.05, 0) is 18.8 Å². The maximum absolute atomic E-state index is 10.3. The topological polar surface area (TPSA) is 54.4 Å². The molecule has 0 fully saturated rings. The summed E-state index contributed by atoms with van der Waals surface area (Å²) >= 11 is 0. The van der Waals surface area contributed by atoms with Crippen molar-refractivity contribution in [2.45, 2.75) is 26.7 Å². The largest absolute Gasteiger partial charge is 0.286 e. The highest BCUT2D eigenvalue weighted by Crippen LogP contribution is 2.23. The molecule has 1 N–H and O–H groups in total. The zero-order valence-corrected chi connectivity index (χ0v) is 7.82. The minimum absolute atomic E-state index is 0.194. The van der Waals surface area contributed by atoms with Crippen LogP contribution in [0.3, 0.4) is 0 Å². The molecule has 0 bridgehead atoms. The van der Waals surface area contributed by atoms with Crippen LogP contribution in [0.4, 0.5) is 0 Å². The molecule has 0 saturated heterocycles. The van der Waals surface area contributed by atoms with Gasteiger partial charge in [-0.2, -0.15) is 8.42 Å². The molecule has 0 amide bonds. The van der Waals surface area contributed by atoms with Crippen molar-refractivity contribution >= 4 is 10.1 Å². The fraction of sp³-hybridized carbons (Fsp3) is 0.857. The summed E-state index contributed by atoms with van der Waals surface area (Å²) in [4.78, 5) is 0. The van der Waals surface area contributed by atoms with Gasteiger partial charge in [0.25, 0.3) is 10.1 Å². The molecule has 0 aromatic carbocycles. The van der Waals surface area contributed by atoms with E-state index in [1.165, 1.54) is 0 Å². The summed E-state index contributed by atoms with van der Waals surface area (Å²) < 4.78 is 29.1. The fourth-order valence-corrected chi connectivity index (χ4v) is 1.30. The molecule has 0 heterocycles. The maximum atomic E-state index is 10.3. The average Bonchev–Trinajstić information content (AvgIpc) is 1.83. The van der Waals surface area contributed by atoms with E-state index in [9.17, 15) is 8.42 Å². The van der Waals surface area contributed by atoms with Crippen molar-refractivity contribution in [3.05, 3.63) is 6.92 Å². The second kappa shape index (κ2) is 3.54. The van der Waals surface area contributed by atoms with Gasteiger partial charge in [-0.3, -0.25) is 4.55 Å². The van der Waals surface area contributed by atoms with Gasteiger partial charge in [0.05, 0.1) is 5.75 Å². The summed E-state index contributed by atoms with van der Waals surface area (Å²) in [6.45, 7) is 7.63. The third-order valence-corrected chi connectivity index (χ3v) is 2.54. The molecule has 3 nitrogen and oxygen atoms in total. The summed E-state index contributed by atoms with van der Waals surface area (Å²) in [7, 11) is -3.81. The zero-order chi connectivity index (χ0) is 9.12. The minimum atomic E-state index is -3.81. The van der Waals surface area contributed by atoms with Gasteiger partial charge in [0, 0.05) is 0 Å². The summed E-state index contributed by atoms with van der Waals surface area (Å²) in [5.41, 5.74) is -0.240. The van der Waals surface area contributed by atoms with E-state index in [-0.39, 0.29) is 11.2 Å². The minimum Gasteiger partial charge on any atom is -0.286 e. The summed E-state index contributed by atoms with van der Waals surface area (Å²) in [5.74, 6) is -0.194. The quantitative estimate of drug-likeness (QED) is 0.665.